The van der Waals surface area contributed by atoms with Gasteiger partial charge in [-0.25, -0.2) is 0 Å². The molecule has 6 nitrogen and oxygen atoms in total. The number of hydrogen-bond acceptors (Lipinski definition) is 4. The molecule has 0 spiro atoms. The molecule has 6 heteroatoms. The fraction of sp³-hybridized carbons (Fsp3) is 0.647. The van der Waals surface area contributed by atoms with E-state index in [0.717, 1.165) is 31.7 Å². The predicted octanol–water partition coefficient (Wildman–Crippen LogP) is 1.35. The van der Waals surface area contributed by atoms with E-state index < -0.39 is 0 Å². The van der Waals surface area contributed by atoms with Crippen LogP contribution >= 0.6 is 0 Å². The smallest absolute Gasteiger partial charge is 0.237 e. The van der Waals surface area contributed by atoms with Gasteiger partial charge in [-0.05, 0) is 30.9 Å². The molecule has 0 N–H and O–H groups in total. The van der Waals surface area contributed by atoms with Gasteiger partial charge in [0.1, 0.15) is 5.76 Å². The highest BCUT2D eigenvalue weighted by molar-refractivity contribution is 5.82. The standard InChI is InChI=1S/C17H25N3O3/c1-13-5-6-20(14(10-13)15-4-3-9-23-15)17(22)12-19-8-7-18(2)16(21)11-19/h3-4,9,13-14H,5-8,10-12H2,1-2H3/t13-,14+/m0/s1. The zero-order chi connectivity index (χ0) is 16.4. The molecule has 3 rings (SSSR count). The zero-order valence-electron chi connectivity index (χ0n) is 13.9. The molecule has 23 heavy (non-hydrogen) atoms. The van der Waals surface area contributed by atoms with E-state index in [1.165, 1.54) is 0 Å². The van der Waals surface area contributed by atoms with Gasteiger partial charge in [-0.15, -0.1) is 0 Å². The molecular weight excluding hydrogens is 294 g/mol. The summed E-state index contributed by atoms with van der Waals surface area (Å²) in [6.07, 6.45) is 3.61. The van der Waals surface area contributed by atoms with Crippen LogP contribution in [0.4, 0.5) is 0 Å². The Morgan fingerprint density at radius 3 is 2.87 bits per heavy atom. The first kappa shape index (κ1) is 16.1. The van der Waals surface area contributed by atoms with Crippen molar-refractivity contribution in [2.45, 2.75) is 25.8 Å². The summed E-state index contributed by atoms with van der Waals surface area (Å²) in [5.74, 6) is 1.62. The number of likely N-dealkylation sites (N-methyl/N-ethyl adjacent to an activating group) is 1. The van der Waals surface area contributed by atoms with Crippen molar-refractivity contribution in [2.24, 2.45) is 5.92 Å². The van der Waals surface area contributed by atoms with Crippen LogP contribution in [-0.4, -0.2) is 66.3 Å². The number of amides is 2. The summed E-state index contributed by atoms with van der Waals surface area (Å²) in [5, 5.41) is 0. The number of piperazine rings is 1. The molecule has 0 saturated carbocycles. The third-order valence-corrected chi connectivity index (χ3v) is 4.95. The molecule has 0 bridgehead atoms. The van der Waals surface area contributed by atoms with Crippen LogP contribution in [0, 0.1) is 5.92 Å². The number of carbonyl (C=O) groups is 2. The molecule has 2 aliphatic heterocycles. The monoisotopic (exact) mass is 319 g/mol. The van der Waals surface area contributed by atoms with Crippen LogP contribution in [-0.2, 0) is 9.59 Å². The van der Waals surface area contributed by atoms with Gasteiger partial charge in [0.05, 0.1) is 25.4 Å². The Morgan fingerprint density at radius 1 is 1.35 bits per heavy atom. The lowest BCUT2D eigenvalue weighted by molar-refractivity contribution is -0.141. The zero-order valence-corrected chi connectivity index (χ0v) is 13.9. The largest absolute Gasteiger partial charge is 0.467 e. The molecule has 0 radical (unpaired) electrons. The second-order valence-corrected chi connectivity index (χ2v) is 6.77. The molecule has 2 atom stereocenters. The van der Waals surface area contributed by atoms with E-state index in [1.54, 1.807) is 18.2 Å². The highest BCUT2D eigenvalue weighted by atomic mass is 16.3. The summed E-state index contributed by atoms with van der Waals surface area (Å²) < 4.78 is 5.55. The van der Waals surface area contributed by atoms with Crippen molar-refractivity contribution in [3.63, 3.8) is 0 Å². The summed E-state index contributed by atoms with van der Waals surface area (Å²) in [6, 6.07) is 3.84. The van der Waals surface area contributed by atoms with Gasteiger partial charge in [0.25, 0.3) is 0 Å². The van der Waals surface area contributed by atoms with Crippen molar-refractivity contribution >= 4 is 11.8 Å². The number of carbonyl (C=O) groups excluding carboxylic acids is 2. The highest BCUT2D eigenvalue weighted by Crippen LogP contribution is 2.34. The van der Waals surface area contributed by atoms with Gasteiger partial charge < -0.3 is 14.2 Å². The normalized spacial score (nSPS) is 26.6. The van der Waals surface area contributed by atoms with Crippen molar-refractivity contribution in [3.05, 3.63) is 24.2 Å². The topological polar surface area (TPSA) is 57.0 Å². The van der Waals surface area contributed by atoms with E-state index in [4.69, 9.17) is 4.42 Å². The molecule has 2 saturated heterocycles. The number of nitrogens with zero attached hydrogens (tertiary/aromatic N) is 3. The molecule has 1 aromatic heterocycles. The SMILES string of the molecule is C[C@H]1CCN(C(=O)CN2CCN(C)C(=O)C2)[C@@H](c2ccco2)C1. The number of hydrogen-bond donors (Lipinski definition) is 0. The van der Waals surface area contributed by atoms with Crippen LogP contribution in [0.25, 0.3) is 0 Å². The van der Waals surface area contributed by atoms with E-state index in [-0.39, 0.29) is 17.9 Å². The van der Waals surface area contributed by atoms with E-state index >= 15 is 0 Å². The van der Waals surface area contributed by atoms with E-state index in [9.17, 15) is 9.59 Å². The third-order valence-electron chi connectivity index (χ3n) is 4.95. The van der Waals surface area contributed by atoms with E-state index in [0.29, 0.717) is 25.6 Å². The Bertz CT molecular complexity index is 557. The summed E-state index contributed by atoms with van der Waals surface area (Å²) in [5.41, 5.74) is 0. The first-order valence-corrected chi connectivity index (χ1v) is 8.34. The van der Waals surface area contributed by atoms with Crippen LogP contribution in [0.2, 0.25) is 0 Å². The Labute approximate surface area is 137 Å². The highest BCUT2D eigenvalue weighted by Gasteiger charge is 2.34. The molecule has 126 valence electrons. The van der Waals surface area contributed by atoms with Crippen LogP contribution in [0.3, 0.4) is 0 Å². The second-order valence-electron chi connectivity index (χ2n) is 6.77. The lowest BCUT2D eigenvalue weighted by atomic mass is 9.91. The Balaban J connectivity index is 1.66. The van der Waals surface area contributed by atoms with E-state index in [1.807, 2.05) is 21.9 Å². The molecule has 0 aliphatic carbocycles. The quantitative estimate of drug-likeness (QED) is 0.844. The number of likely N-dealkylation sites (tertiary alicyclic amines) is 1. The van der Waals surface area contributed by atoms with Crippen LogP contribution in [0.15, 0.2) is 22.8 Å². The van der Waals surface area contributed by atoms with Crippen molar-refractivity contribution in [2.75, 3.05) is 39.8 Å². The molecule has 2 aliphatic rings. The van der Waals surface area contributed by atoms with Gasteiger partial charge in [-0.1, -0.05) is 6.92 Å². The summed E-state index contributed by atoms with van der Waals surface area (Å²) >= 11 is 0. The molecule has 0 unspecified atom stereocenters. The first-order chi connectivity index (χ1) is 11.0. The minimum Gasteiger partial charge on any atom is -0.467 e. The number of furan rings is 1. The van der Waals surface area contributed by atoms with Crippen molar-refractivity contribution in [1.82, 2.24) is 14.7 Å². The van der Waals surface area contributed by atoms with E-state index in [2.05, 4.69) is 6.92 Å². The first-order valence-electron chi connectivity index (χ1n) is 8.34. The number of rotatable bonds is 3. The molecule has 2 fully saturated rings. The minimum absolute atomic E-state index is 0.0180. The van der Waals surface area contributed by atoms with Crippen LogP contribution < -0.4 is 0 Å². The Morgan fingerprint density at radius 2 is 2.17 bits per heavy atom. The molecule has 0 aromatic carbocycles. The van der Waals surface area contributed by atoms with Crippen molar-refractivity contribution in [3.8, 4) is 0 Å². The Kier molecular flexibility index (Phi) is 4.71. The second kappa shape index (κ2) is 6.74. The third kappa shape index (κ3) is 3.58. The van der Waals surface area contributed by atoms with Crippen LogP contribution in [0.5, 0.6) is 0 Å². The van der Waals surface area contributed by atoms with Crippen LogP contribution in [0.1, 0.15) is 31.6 Å². The minimum atomic E-state index is 0.0180. The molecule has 1 aromatic rings. The van der Waals surface area contributed by atoms with Gasteiger partial charge in [0.2, 0.25) is 11.8 Å². The molecule has 2 amide bonds. The summed E-state index contributed by atoms with van der Waals surface area (Å²) in [7, 11) is 1.81. The Hall–Kier alpha value is -1.82. The van der Waals surface area contributed by atoms with Gasteiger partial charge in [-0.3, -0.25) is 14.5 Å². The van der Waals surface area contributed by atoms with Gasteiger partial charge in [-0.2, -0.15) is 0 Å². The summed E-state index contributed by atoms with van der Waals surface area (Å²) in [4.78, 5) is 30.2. The molecule has 3 heterocycles. The van der Waals surface area contributed by atoms with Gasteiger partial charge in [0.15, 0.2) is 0 Å². The lowest BCUT2D eigenvalue weighted by Crippen LogP contribution is -2.52. The fourth-order valence-electron chi connectivity index (χ4n) is 3.41. The van der Waals surface area contributed by atoms with Crippen molar-refractivity contribution < 1.29 is 14.0 Å². The average Bonchev–Trinajstić information content (AvgIpc) is 3.05. The van der Waals surface area contributed by atoms with Gasteiger partial charge in [0, 0.05) is 26.7 Å². The maximum Gasteiger partial charge on any atom is 0.237 e. The lowest BCUT2D eigenvalue weighted by Gasteiger charge is -2.39. The average molecular weight is 319 g/mol. The maximum atomic E-state index is 12.8. The predicted molar refractivity (Wildman–Crippen MR) is 85.6 cm³/mol. The number of piperidine rings is 1. The molecular formula is C17H25N3O3. The fourth-order valence-corrected chi connectivity index (χ4v) is 3.41. The van der Waals surface area contributed by atoms with Gasteiger partial charge >= 0.3 is 0 Å². The maximum absolute atomic E-state index is 12.8. The summed E-state index contributed by atoms with van der Waals surface area (Å²) in [6.45, 7) is 5.06. The van der Waals surface area contributed by atoms with Crippen molar-refractivity contribution in [1.29, 1.82) is 0 Å².